The third-order valence-corrected chi connectivity index (χ3v) is 12.1. The number of rotatable bonds is 27. The molecule has 2 heterocycles. The molecule has 0 saturated heterocycles. The number of aromatic amines is 2. The molecule has 0 aliphatic heterocycles. The van der Waals surface area contributed by atoms with Crippen molar-refractivity contribution >= 4 is 57.1 Å². The smallest absolute Gasteiger partial charge is 0.243 e. The number of benzene rings is 4. The lowest BCUT2D eigenvalue weighted by Crippen LogP contribution is -2.60. The number of fused-ring (bicyclic) bond motifs is 2. The van der Waals surface area contributed by atoms with Crippen LogP contribution in [-0.4, -0.2) is 99.7 Å². The van der Waals surface area contributed by atoms with Crippen molar-refractivity contribution in [3.8, 4) is 0 Å². The van der Waals surface area contributed by atoms with Gasteiger partial charge in [0.25, 0.3) is 0 Å². The lowest BCUT2D eigenvalue weighted by atomic mass is 9.99. The predicted molar refractivity (Wildman–Crippen MR) is 265 cm³/mol. The number of aromatic nitrogens is 3. The van der Waals surface area contributed by atoms with Crippen LogP contribution < -0.4 is 49.5 Å². The normalized spacial score (nSPS) is 13.9. The number of carbonyl (C=O) groups excluding carboxylic acids is 6. The van der Waals surface area contributed by atoms with Gasteiger partial charge in [-0.25, -0.2) is 4.98 Å². The quantitative estimate of drug-likeness (QED) is 0.0333. The van der Waals surface area contributed by atoms with Crippen LogP contribution in [0.25, 0.3) is 21.7 Å². The molecular formula is C51H64N12O6. The van der Waals surface area contributed by atoms with E-state index in [2.05, 4.69) is 41.5 Å². The Bertz CT molecular complexity index is 2640. The number of hydrogen-bond donors (Lipinski definition) is 11. The second-order valence-corrected chi connectivity index (χ2v) is 17.3. The molecule has 0 saturated carbocycles. The van der Waals surface area contributed by atoms with E-state index in [-0.39, 0.29) is 38.5 Å². The van der Waals surface area contributed by atoms with E-state index in [1.807, 2.05) is 84.9 Å². The molecular weight excluding hydrogens is 877 g/mol. The summed E-state index contributed by atoms with van der Waals surface area (Å²) in [5.74, 6) is -3.97. The fourth-order valence-electron chi connectivity index (χ4n) is 8.23. The standard InChI is InChI=1S/C51H64N12O6/c52-22-10-8-18-41(46(55)64)59-49(67)43(25-32-12-2-1-3-13-32)62-51(69)45(27-36-29-57-40-17-7-6-16-38(36)40)63-48(66)42(19-9-11-23-53)60-50(68)44(61-47(65)39(54)28-37-30-56-31-58-37)26-33-20-21-34-14-4-5-15-35(34)24-33/h1-7,12-17,20-21,24,29-31,39,41-45,57H,8-11,18-19,22-23,25-28,52-54H2,(H2,55,64)(H,56,58)(H,59,67)(H,60,68)(H,61,65)(H,62,69)(H,63,66)/t39-,41-,42+,43+,44+,45-/m0/s1. The van der Waals surface area contributed by atoms with Gasteiger partial charge in [-0.3, -0.25) is 28.8 Å². The second-order valence-electron chi connectivity index (χ2n) is 17.3. The lowest BCUT2D eigenvalue weighted by Gasteiger charge is -2.27. The topological polar surface area (TPSA) is 311 Å². The number of nitrogens with zero attached hydrogens (tertiary/aromatic N) is 1. The molecule has 0 radical (unpaired) electrons. The number of amides is 6. The van der Waals surface area contributed by atoms with Gasteiger partial charge in [0, 0.05) is 54.7 Å². The number of para-hydroxylation sites is 1. The van der Waals surface area contributed by atoms with E-state index in [4.69, 9.17) is 22.9 Å². The van der Waals surface area contributed by atoms with Gasteiger partial charge in [-0.2, -0.15) is 0 Å². The summed E-state index contributed by atoms with van der Waals surface area (Å²) in [5.41, 5.74) is 27.2. The molecule has 18 heteroatoms. The van der Waals surface area contributed by atoms with Gasteiger partial charge in [-0.1, -0.05) is 91.0 Å². The van der Waals surface area contributed by atoms with Crippen LogP contribution in [0, 0.1) is 0 Å². The number of unbranched alkanes of at least 4 members (excludes halogenated alkanes) is 2. The van der Waals surface area contributed by atoms with E-state index in [1.165, 1.54) is 6.33 Å². The molecule has 6 atom stereocenters. The molecule has 15 N–H and O–H groups in total. The maximum atomic E-state index is 14.7. The van der Waals surface area contributed by atoms with Crippen molar-refractivity contribution in [3.63, 3.8) is 0 Å². The number of carbonyl (C=O) groups is 6. The Morgan fingerprint density at radius 2 is 1.09 bits per heavy atom. The Kier molecular flexibility index (Phi) is 19.0. The van der Waals surface area contributed by atoms with Crippen LogP contribution >= 0.6 is 0 Å². The number of imidazole rings is 1. The average molecular weight is 941 g/mol. The summed E-state index contributed by atoms with van der Waals surface area (Å²) in [4.78, 5) is 94.2. The minimum atomic E-state index is -1.28. The minimum Gasteiger partial charge on any atom is -0.368 e. The van der Waals surface area contributed by atoms with Crippen molar-refractivity contribution in [2.45, 2.75) is 100 Å². The summed E-state index contributed by atoms with van der Waals surface area (Å²) in [6, 6.07) is 23.2. The van der Waals surface area contributed by atoms with E-state index >= 15 is 0 Å². The Balaban J connectivity index is 1.28. The van der Waals surface area contributed by atoms with Crippen LogP contribution in [-0.2, 0) is 54.5 Å². The molecule has 18 nitrogen and oxygen atoms in total. The van der Waals surface area contributed by atoms with Gasteiger partial charge >= 0.3 is 0 Å². The van der Waals surface area contributed by atoms with Crippen molar-refractivity contribution in [2.24, 2.45) is 22.9 Å². The molecule has 6 aromatic rings. The summed E-state index contributed by atoms with van der Waals surface area (Å²) >= 11 is 0. The number of nitrogens with two attached hydrogens (primary N) is 4. The molecule has 0 fully saturated rings. The van der Waals surface area contributed by atoms with Crippen LogP contribution in [0.2, 0.25) is 0 Å². The lowest BCUT2D eigenvalue weighted by molar-refractivity contribution is -0.135. The summed E-state index contributed by atoms with van der Waals surface area (Å²) in [5, 5.41) is 17.0. The number of primary amides is 1. The van der Waals surface area contributed by atoms with E-state index < -0.39 is 71.7 Å². The third kappa shape index (κ3) is 15.0. The second kappa shape index (κ2) is 25.6. The number of H-pyrrole nitrogens is 2. The van der Waals surface area contributed by atoms with Crippen molar-refractivity contribution in [3.05, 3.63) is 138 Å². The van der Waals surface area contributed by atoms with E-state index in [0.29, 0.717) is 50.0 Å². The zero-order valence-corrected chi connectivity index (χ0v) is 38.6. The van der Waals surface area contributed by atoms with Gasteiger partial charge in [-0.15, -0.1) is 0 Å². The summed E-state index contributed by atoms with van der Waals surface area (Å²) in [7, 11) is 0. The molecule has 6 rings (SSSR count). The van der Waals surface area contributed by atoms with Crippen LogP contribution in [0.3, 0.4) is 0 Å². The molecule has 6 amide bonds. The zero-order chi connectivity index (χ0) is 49.1. The van der Waals surface area contributed by atoms with Crippen LogP contribution in [0.1, 0.15) is 60.9 Å². The van der Waals surface area contributed by atoms with Crippen LogP contribution in [0.15, 0.2) is 116 Å². The van der Waals surface area contributed by atoms with Gasteiger partial charge in [0.1, 0.15) is 30.2 Å². The molecule has 2 aromatic heterocycles. The fourth-order valence-corrected chi connectivity index (χ4v) is 8.23. The first-order valence-corrected chi connectivity index (χ1v) is 23.4. The van der Waals surface area contributed by atoms with Gasteiger partial charge in [0.05, 0.1) is 12.4 Å². The summed E-state index contributed by atoms with van der Waals surface area (Å²) in [6.07, 6.45) is 7.56. The third-order valence-electron chi connectivity index (χ3n) is 12.1. The van der Waals surface area contributed by atoms with Crippen molar-refractivity contribution < 1.29 is 28.8 Å². The Hall–Kier alpha value is -7.41. The highest BCUT2D eigenvalue weighted by molar-refractivity contribution is 5.97. The molecule has 69 heavy (non-hydrogen) atoms. The van der Waals surface area contributed by atoms with Crippen molar-refractivity contribution in [1.82, 2.24) is 41.5 Å². The van der Waals surface area contributed by atoms with E-state index in [1.54, 1.807) is 24.5 Å². The molecule has 0 unspecified atom stereocenters. The van der Waals surface area contributed by atoms with Gasteiger partial charge in [-0.05, 0) is 85.1 Å². The highest BCUT2D eigenvalue weighted by Gasteiger charge is 2.33. The first kappa shape index (κ1) is 51.0. The van der Waals surface area contributed by atoms with E-state index in [0.717, 1.165) is 32.8 Å². The SMILES string of the molecule is NCCCC[C@H](NC(=O)[C@@H](Cc1ccccc1)NC(=O)[C@H](Cc1c[nH]c2ccccc12)NC(=O)[C@@H](CCCCN)NC(=O)[C@@H](Cc1ccc2ccccc2c1)NC(=O)[C@@H](N)Cc1cnc[nH]1)C(N)=O. The minimum absolute atomic E-state index is 0.0113. The molecule has 364 valence electrons. The fraction of sp³-hybridized carbons (Fsp3) is 0.353. The molecule has 0 bridgehead atoms. The Labute approximate surface area is 400 Å². The van der Waals surface area contributed by atoms with Gasteiger partial charge < -0.3 is 59.5 Å². The molecule has 0 spiro atoms. The Morgan fingerprint density at radius 3 is 1.74 bits per heavy atom. The average Bonchev–Trinajstić information content (AvgIpc) is 4.03. The molecule has 4 aromatic carbocycles. The predicted octanol–water partition coefficient (Wildman–Crippen LogP) is 1.81. The highest BCUT2D eigenvalue weighted by atomic mass is 16.2. The number of hydrogen-bond acceptors (Lipinski definition) is 10. The van der Waals surface area contributed by atoms with Gasteiger partial charge in [0.2, 0.25) is 35.4 Å². The van der Waals surface area contributed by atoms with Crippen molar-refractivity contribution in [1.29, 1.82) is 0 Å². The van der Waals surface area contributed by atoms with Crippen LogP contribution in [0.4, 0.5) is 0 Å². The zero-order valence-electron chi connectivity index (χ0n) is 38.6. The Morgan fingerprint density at radius 1 is 0.536 bits per heavy atom. The maximum absolute atomic E-state index is 14.7. The monoisotopic (exact) mass is 941 g/mol. The molecule has 0 aliphatic rings. The number of nitrogens with one attached hydrogen (secondary N) is 7. The first-order chi connectivity index (χ1) is 33.4. The molecule has 0 aliphatic carbocycles. The summed E-state index contributed by atoms with van der Waals surface area (Å²) < 4.78 is 0. The highest BCUT2D eigenvalue weighted by Crippen LogP contribution is 2.21. The summed E-state index contributed by atoms with van der Waals surface area (Å²) in [6.45, 7) is 0.731. The van der Waals surface area contributed by atoms with Crippen LogP contribution in [0.5, 0.6) is 0 Å². The van der Waals surface area contributed by atoms with Crippen molar-refractivity contribution in [2.75, 3.05) is 13.1 Å². The first-order valence-electron chi connectivity index (χ1n) is 23.4. The van der Waals surface area contributed by atoms with E-state index in [9.17, 15) is 28.8 Å². The van der Waals surface area contributed by atoms with Gasteiger partial charge in [0.15, 0.2) is 0 Å². The largest absolute Gasteiger partial charge is 0.368 e. The maximum Gasteiger partial charge on any atom is 0.243 e.